The van der Waals surface area contributed by atoms with E-state index in [4.69, 9.17) is 17.3 Å². The second kappa shape index (κ2) is 3.57. The predicted molar refractivity (Wildman–Crippen MR) is 68.0 cm³/mol. The van der Waals surface area contributed by atoms with Gasteiger partial charge in [-0.05, 0) is 30.7 Å². The van der Waals surface area contributed by atoms with E-state index in [1.807, 2.05) is 0 Å². The number of aromatic nitrogens is 2. The van der Waals surface area contributed by atoms with Crippen LogP contribution in [0, 0.1) is 5.92 Å². The first kappa shape index (κ1) is 10.3. The van der Waals surface area contributed by atoms with E-state index in [1.165, 1.54) is 16.9 Å². The number of nitrogen functional groups attached to an aromatic ring is 1. The number of halogens is 1. The summed E-state index contributed by atoms with van der Waals surface area (Å²) in [7, 11) is 0. The van der Waals surface area contributed by atoms with Gasteiger partial charge in [0.15, 0.2) is 5.15 Å². The van der Waals surface area contributed by atoms with Crippen LogP contribution >= 0.6 is 22.9 Å². The summed E-state index contributed by atoms with van der Waals surface area (Å²) in [4.78, 5) is 9.76. The number of nitrogens with zero attached hydrogens (tertiary/aromatic N) is 2. The van der Waals surface area contributed by atoms with Crippen LogP contribution in [0.3, 0.4) is 0 Å². The van der Waals surface area contributed by atoms with Crippen LogP contribution in [0.15, 0.2) is 0 Å². The zero-order valence-electron chi connectivity index (χ0n) is 8.96. The first-order valence-electron chi connectivity index (χ1n) is 5.38. The highest BCUT2D eigenvalue weighted by Gasteiger charge is 2.22. The van der Waals surface area contributed by atoms with E-state index in [0.29, 0.717) is 5.15 Å². The van der Waals surface area contributed by atoms with Crippen LogP contribution in [0.1, 0.15) is 23.8 Å². The number of nitrogens with two attached hydrogens (primary N) is 1. The number of hydrogen-bond acceptors (Lipinski definition) is 4. The van der Waals surface area contributed by atoms with Crippen LogP contribution in [-0.2, 0) is 12.8 Å². The summed E-state index contributed by atoms with van der Waals surface area (Å²) in [5.41, 5.74) is 7.97. The topological polar surface area (TPSA) is 51.8 Å². The fourth-order valence-electron chi connectivity index (χ4n) is 2.29. The zero-order valence-corrected chi connectivity index (χ0v) is 10.5. The monoisotopic (exact) mass is 253 g/mol. The predicted octanol–water partition coefficient (Wildman–Crippen LogP) is 3.05. The van der Waals surface area contributed by atoms with Crippen molar-refractivity contribution in [3.63, 3.8) is 0 Å². The van der Waals surface area contributed by atoms with E-state index in [1.54, 1.807) is 11.3 Å². The smallest absolute Gasteiger partial charge is 0.222 e. The third kappa shape index (κ3) is 1.48. The zero-order chi connectivity index (χ0) is 11.3. The van der Waals surface area contributed by atoms with Gasteiger partial charge in [0, 0.05) is 4.88 Å². The molecule has 0 amide bonds. The number of aryl methyl sites for hydroxylation is 1. The van der Waals surface area contributed by atoms with Crippen molar-refractivity contribution in [1.29, 1.82) is 0 Å². The molecule has 0 bridgehead atoms. The van der Waals surface area contributed by atoms with E-state index >= 15 is 0 Å². The highest BCUT2D eigenvalue weighted by Crippen LogP contribution is 2.39. The highest BCUT2D eigenvalue weighted by atomic mass is 35.5. The average Bonchev–Trinajstić information content (AvgIpc) is 2.57. The fraction of sp³-hybridized carbons (Fsp3) is 0.455. The molecule has 1 aliphatic rings. The molecule has 1 atom stereocenters. The van der Waals surface area contributed by atoms with Crippen molar-refractivity contribution >= 4 is 39.1 Å². The maximum atomic E-state index is 6.10. The standard InChI is InChI=1S/C11H12ClN3S/c1-5-2-3-7-6(4-5)8-9(16-7)10(12)15-11(13)14-8/h5H,2-4H2,1H3,(H2,13,14,15). The average molecular weight is 254 g/mol. The van der Waals surface area contributed by atoms with Gasteiger partial charge in [-0.25, -0.2) is 4.98 Å². The molecule has 0 aliphatic heterocycles. The number of thiophene rings is 1. The molecule has 1 aliphatic carbocycles. The lowest BCUT2D eigenvalue weighted by atomic mass is 9.89. The van der Waals surface area contributed by atoms with Crippen LogP contribution in [0.25, 0.3) is 10.2 Å². The number of hydrogen-bond donors (Lipinski definition) is 1. The second-order valence-corrected chi connectivity index (χ2v) is 5.87. The molecule has 3 rings (SSSR count). The minimum atomic E-state index is 0.274. The Bertz CT molecular complexity index is 564. The molecule has 0 saturated carbocycles. The Morgan fingerprint density at radius 1 is 1.44 bits per heavy atom. The Kier molecular flexibility index (Phi) is 2.30. The Morgan fingerprint density at radius 3 is 3.06 bits per heavy atom. The van der Waals surface area contributed by atoms with Crippen molar-refractivity contribution in [1.82, 2.24) is 9.97 Å². The van der Waals surface area contributed by atoms with Gasteiger partial charge in [-0.15, -0.1) is 11.3 Å². The van der Waals surface area contributed by atoms with Crippen LogP contribution < -0.4 is 5.73 Å². The van der Waals surface area contributed by atoms with Gasteiger partial charge in [0.05, 0.1) is 10.2 Å². The minimum Gasteiger partial charge on any atom is -0.368 e. The van der Waals surface area contributed by atoms with Gasteiger partial charge in [0.1, 0.15) is 0 Å². The largest absolute Gasteiger partial charge is 0.368 e. The van der Waals surface area contributed by atoms with Gasteiger partial charge in [0.25, 0.3) is 0 Å². The second-order valence-electron chi connectivity index (χ2n) is 4.40. The van der Waals surface area contributed by atoms with E-state index in [9.17, 15) is 0 Å². The number of anilines is 1. The quantitative estimate of drug-likeness (QED) is 0.734. The molecule has 0 saturated heterocycles. The lowest BCUT2D eigenvalue weighted by molar-refractivity contribution is 0.508. The number of fused-ring (bicyclic) bond motifs is 3. The molecule has 2 N–H and O–H groups in total. The van der Waals surface area contributed by atoms with Crippen LogP contribution in [0.2, 0.25) is 5.15 Å². The lowest BCUT2D eigenvalue weighted by Crippen LogP contribution is -2.09. The molecular weight excluding hydrogens is 242 g/mol. The molecule has 84 valence electrons. The molecule has 0 fully saturated rings. The van der Waals surface area contributed by atoms with Crippen molar-refractivity contribution in [2.45, 2.75) is 26.2 Å². The van der Waals surface area contributed by atoms with E-state index in [0.717, 1.165) is 29.0 Å². The van der Waals surface area contributed by atoms with Gasteiger partial charge in [0.2, 0.25) is 5.95 Å². The van der Waals surface area contributed by atoms with E-state index in [-0.39, 0.29) is 5.95 Å². The summed E-state index contributed by atoms with van der Waals surface area (Å²) in [5, 5.41) is 0.495. The third-order valence-electron chi connectivity index (χ3n) is 3.11. The summed E-state index contributed by atoms with van der Waals surface area (Å²) in [6.07, 6.45) is 3.47. The molecule has 0 aromatic carbocycles. The molecule has 3 nitrogen and oxygen atoms in total. The fourth-order valence-corrected chi connectivity index (χ4v) is 3.75. The molecule has 2 aromatic rings. The molecule has 1 unspecified atom stereocenters. The van der Waals surface area contributed by atoms with E-state index in [2.05, 4.69) is 16.9 Å². The highest BCUT2D eigenvalue weighted by molar-refractivity contribution is 7.19. The number of rotatable bonds is 0. The van der Waals surface area contributed by atoms with Crippen LogP contribution in [0.5, 0.6) is 0 Å². The summed E-state index contributed by atoms with van der Waals surface area (Å²) in [6, 6.07) is 0. The third-order valence-corrected chi connectivity index (χ3v) is 4.78. The molecule has 5 heteroatoms. The Hall–Kier alpha value is -0.870. The summed E-state index contributed by atoms with van der Waals surface area (Å²) < 4.78 is 0.995. The van der Waals surface area contributed by atoms with Crippen molar-refractivity contribution < 1.29 is 0 Å². The Morgan fingerprint density at radius 2 is 2.25 bits per heavy atom. The normalized spacial score (nSPS) is 20.0. The SMILES string of the molecule is CC1CCc2sc3c(Cl)nc(N)nc3c2C1. The molecule has 0 spiro atoms. The molecule has 0 radical (unpaired) electrons. The maximum absolute atomic E-state index is 6.10. The van der Waals surface area contributed by atoms with Crippen LogP contribution in [0.4, 0.5) is 5.95 Å². The summed E-state index contributed by atoms with van der Waals surface area (Å²) in [5.74, 6) is 0.997. The van der Waals surface area contributed by atoms with Gasteiger partial charge in [-0.3, -0.25) is 0 Å². The van der Waals surface area contributed by atoms with Gasteiger partial charge < -0.3 is 5.73 Å². The summed E-state index contributed by atoms with van der Waals surface area (Å²) >= 11 is 7.82. The Balaban J connectivity index is 2.30. The van der Waals surface area contributed by atoms with Gasteiger partial charge in [-0.2, -0.15) is 4.98 Å². The minimum absolute atomic E-state index is 0.274. The first-order chi connectivity index (χ1) is 7.65. The van der Waals surface area contributed by atoms with Crippen molar-refractivity contribution in [3.05, 3.63) is 15.6 Å². The maximum Gasteiger partial charge on any atom is 0.222 e. The van der Waals surface area contributed by atoms with Crippen molar-refractivity contribution in [2.75, 3.05) is 5.73 Å². The Labute approximate surface area is 103 Å². The van der Waals surface area contributed by atoms with Gasteiger partial charge in [-0.1, -0.05) is 18.5 Å². The summed E-state index contributed by atoms with van der Waals surface area (Å²) in [6.45, 7) is 2.28. The molecule has 2 heterocycles. The molecule has 16 heavy (non-hydrogen) atoms. The van der Waals surface area contributed by atoms with Crippen LogP contribution in [-0.4, -0.2) is 9.97 Å². The van der Waals surface area contributed by atoms with Gasteiger partial charge >= 0.3 is 0 Å². The first-order valence-corrected chi connectivity index (χ1v) is 6.58. The lowest BCUT2D eigenvalue weighted by Gasteiger charge is -2.17. The van der Waals surface area contributed by atoms with E-state index < -0.39 is 0 Å². The molecular formula is C11H12ClN3S. The van der Waals surface area contributed by atoms with Crippen molar-refractivity contribution in [3.8, 4) is 0 Å². The molecule has 2 aromatic heterocycles. The van der Waals surface area contributed by atoms with Crippen molar-refractivity contribution in [2.24, 2.45) is 5.92 Å².